The Hall–Kier alpha value is -1.65. The van der Waals surface area contributed by atoms with Crippen LogP contribution in [0, 0.1) is 0 Å². The molecule has 0 radical (unpaired) electrons. The van der Waals surface area contributed by atoms with Crippen LogP contribution in [-0.4, -0.2) is 25.3 Å². The van der Waals surface area contributed by atoms with Crippen molar-refractivity contribution in [2.45, 2.75) is 11.3 Å². The number of hydrogen-bond donors (Lipinski definition) is 1. The molecule has 2 aromatic rings. The van der Waals surface area contributed by atoms with Gasteiger partial charge in [0.1, 0.15) is 5.75 Å². The van der Waals surface area contributed by atoms with E-state index >= 15 is 0 Å². The predicted octanol–water partition coefficient (Wildman–Crippen LogP) is 3.80. The van der Waals surface area contributed by atoms with Crippen LogP contribution in [0.25, 0.3) is 0 Å². The molecule has 0 atom stereocenters. The molecule has 0 heterocycles. The van der Waals surface area contributed by atoms with E-state index in [9.17, 15) is 4.79 Å². The Balaban J connectivity index is 1.70. The van der Waals surface area contributed by atoms with E-state index in [0.717, 1.165) is 27.0 Å². The van der Waals surface area contributed by atoms with E-state index in [4.69, 9.17) is 16.3 Å². The first-order valence-corrected chi connectivity index (χ1v) is 8.32. The zero-order valence-electron chi connectivity index (χ0n) is 12.3. The minimum atomic E-state index is 0.0185. The van der Waals surface area contributed by atoms with Crippen LogP contribution in [0.5, 0.6) is 5.75 Å². The SMILES string of the molecule is COc1cccc(CC(=O)NCCSc2ccc(Cl)cc2)c1. The summed E-state index contributed by atoms with van der Waals surface area (Å²) in [5.74, 6) is 1.61. The number of thioether (sulfide) groups is 1. The molecule has 2 aromatic carbocycles. The summed E-state index contributed by atoms with van der Waals surface area (Å²) in [5.41, 5.74) is 0.946. The van der Waals surface area contributed by atoms with Crippen molar-refractivity contribution in [3.63, 3.8) is 0 Å². The van der Waals surface area contributed by atoms with Gasteiger partial charge in [-0.25, -0.2) is 0 Å². The Bertz CT molecular complexity index is 616. The highest BCUT2D eigenvalue weighted by Gasteiger charge is 2.04. The van der Waals surface area contributed by atoms with E-state index < -0.39 is 0 Å². The molecule has 0 bridgehead atoms. The van der Waals surface area contributed by atoms with Gasteiger partial charge in [-0.3, -0.25) is 4.79 Å². The van der Waals surface area contributed by atoms with Gasteiger partial charge in [-0.15, -0.1) is 11.8 Å². The van der Waals surface area contributed by atoms with Crippen LogP contribution >= 0.6 is 23.4 Å². The number of amides is 1. The van der Waals surface area contributed by atoms with Gasteiger partial charge in [0.2, 0.25) is 5.91 Å². The van der Waals surface area contributed by atoms with E-state index in [2.05, 4.69) is 5.32 Å². The van der Waals surface area contributed by atoms with E-state index in [1.165, 1.54) is 0 Å². The quantitative estimate of drug-likeness (QED) is 0.618. The third-order valence-electron chi connectivity index (χ3n) is 3.01. The third-order valence-corrected chi connectivity index (χ3v) is 4.27. The van der Waals surface area contributed by atoms with E-state index in [0.29, 0.717) is 13.0 Å². The Labute approximate surface area is 140 Å². The molecule has 0 fully saturated rings. The standard InChI is InChI=1S/C17H18ClNO2S/c1-21-15-4-2-3-13(11-15)12-17(20)19-9-10-22-16-7-5-14(18)6-8-16/h2-8,11H,9-10,12H2,1H3,(H,19,20). The van der Waals surface area contributed by atoms with Crippen molar-refractivity contribution in [2.24, 2.45) is 0 Å². The van der Waals surface area contributed by atoms with Gasteiger partial charge in [-0.05, 0) is 42.0 Å². The minimum Gasteiger partial charge on any atom is -0.497 e. The highest BCUT2D eigenvalue weighted by molar-refractivity contribution is 7.99. The minimum absolute atomic E-state index is 0.0185. The van der Waals surface area contributed by atoms with Crippen molar-refractivity contribution < 1.29 is 9.53 Å². The summed E-state index contributed by atoms with van der Waals surface area (Å²) in [6.45, 7) is 0.635. The first kappa shape index (κ1) is 16.7. The zero-order valence-corrected chi connectivity index (χ0v) is 13.9. The highest BCUT2D eigenvalue weighted by Crippen LogP contribution is 2.19. The monoisotopic (exact) mass is 335 g/mol. The average Bonchev–Trinajstić information content (AvgIpc) is 2.53. The molecule has 0 aliphatic heterocycles. The Morgan fingerprint density at radius 1 is 1.23 bits per heavy atom. The maximum atomic E-state index is 11.9. The molecular formula is C17H18ClNO2S. The lowest BCUT2D eigenvalue weighted by Crippen LogP contribution is -2.27. The maximum Gasteiger partial charge on any atom is 0.224 e. The normalized spacial score (nSPS) is 10.3. The molecule has 0 unspecified atom stereocenters. The van der Waals surface area contributed by atoms with Crippen LogP contribution in [0.1, 0.15) is 5.56 Å². The molecule has 0 aliphatic rings. The average molecular weight is 336 g/mol. The molecule has 116 valence electrons. The van der Waals surface area contributed by atoms with Crippen LogP contribution in [0.3, 0.4) is 0 Å². The van der Waals surface area contributed by atoms with Crippen LogP contribution < -0.4 is 10.1 Å². The topological polar surface area (TPSA) is 38.3 Å². The fourth-order valence-corrected chi connectivity index (χ4v) is 2.81. The summed E-state index contributed by atoms with van der Waals surface area (Å²) >= 11 is 7.53. The number of nitrogens with one attached hydrogen (secondary N) is 1. The molecule has 0 saturated heterocycles. The summed E-state index contributed by atoms with van der Waals surface area (Å²) in [6.07, 6.45) is 0.364. The van der Waals surface area contributed by atoms with Crippen molar-refractivity contribution in [2.75, 3.05) is 19.4 Å². The van der Waals surface area contributed by atoms with E-state index in [1.54, 1.807) is 18.9 Å². The zero-order chi connectivity index (χ0) is 15.8. The smallest absolute Gasteiger partial charge is 0.224 e. The fourth-order valence-electron chi connectivity index (χ4n) is 1.92. The molecular weight excluding hydrogens is 318 g/mol. The summed E-state index contributed by atoms with van der Waals surface area (Å²) in [6, 6.07) is 15.2. The number of ether oxygens (including phenoxy) is 1. The highest BCUT2D eigenvalue weighted by atomic mass is 35.5. The molecule has 22 heavy (non-hydrogen) atoms. The lowest BCUT2D eigenvalue weighted by molar-refractivity contribution is -0.120. The molecule has 0 aromatic heterocycles. The first-order valence-electron chi connectivity index (χ1n) is 6.95. The number of benzene rings is 2. The second kappa shape index (κ2) is 8.71. The molecule has 0 aliphatic carbocycles. The Kier molecular flexibility index (Phi) is 6.62. The number of rotatable bonds is 7. The van der Waals surface area contributed by atoms with Gasteiger partial charge >= 0.3 is 0 Å². The van der Waals surface area contributed by atoms with E-state index in [1.807, 2.05) is 48.5 Å². The maximum absolute atomic E-state index is 11.9. The number of carbonyl (C=O) groups excluding carboxylic acids is 1. The predicted molar refractivity (Wildman–Crippen MR) is 91.9 cm³/mol. The van der Waals surface area contributed by atoms with Crippen molar-refractivity contribution in [3.8, 4) is 5.75 Å². The molecule has 1 amide bonds. The number of carbonyl (C=O) groups is 1. The van der Waals surface area contributed by atoms with Crippen LogP contribution in [0.15, 0.2) is 53.4 Å². The molecule has 1 N–H and O–H groups in total. The lowest BCUT2D eigenvalue weighted by atomic mass is 10.1. The van der Waals surface area contributed by atoms with Gasteiger partial charge in [0.15, 0.2) is 0 Å². The number of hydrogen-bond acceptors (Lipinski definition) is 3. The van der Waals surface area contributed by atoms with Gasteiger partial charge in [0.25, 0.3) is 0 Å². The second-order valence-electron chi connectivity index (χ2n) is 4.68. The third kappa shape index (κ3) is 5.62. The molecule has 0 spiro atoms. The molecule has 2 rings (SSSR count). The van der Waals surface area contributed by atoms with Gasteiger partial charge in [-0.2, -0.15) is 0 Å². The largest absolute Gasteiger partial charge is 0.497 e. The summed E-state index contributed by atoms with van der Waals surface area (Å²) in [7, 11) is 1.62. The van der Waals surface area contributed by atoms with Crippen LogP contribution in [0.4, 0.5) is 0 Å². The van der Waals surface area contributed by atoms with Gasteiger partial charge in [0, 0.05) is 22.2 Å². The first-order chi connectivity index (χ1) is 10.7. The number of methoxy groups -OCH3 is 1. The summed E-state index contributed by atoms with van der Waals surface area (Å²) < 4.78 is 5.15. The lowest BCUT2D eigenvalue weighted by Gasteiger charge is -2.07. The number of halogens is 1. The van der Waals surface area contributed by atoms with Crippen LogP contribution in [-0.2, 0) is 11.2 Å². The van der Waals surface area contributed by atoms with Crippen molar-refractivity contribution in [1.82, 2.24) is 5.32 Å². The van der Waals surface area contributed by atoms with Crippen molar-refractivity contribution in [3.05, 3.63) is 59.1 Å². The van der Waals surface area contributed by atoms with Gasteiger partial charge < -0.3 is 10.1 Å². The summed E-state index contributed by atoms with van der Waals surface area (Å²) in [5, 5.41) is 3.66. The van der Waals surface area contributed by atoms with Crippen molar-refractivity contribution >= 4 is 29.3 Å². The van der Waals surface area contributed by atoms with Gasteiger partial charge in [-0.1, -0.05) is 23.7 Å². The van der Waals surface area contributed by atoms with Gasteiger partial charge in [0.05, 0.1) is 13.5 Å². The van der Waals surface area contributed by atoms with Crippen LogP contribution in [0.2, 0.25) is 5.02 Å². The molecule has 0 saturated carbocycles. The Morgan fingerprint density at radius 3 is 2.73 bits per heavy atom. The molecule has 3 nitrogen and oxygen atoms in total. The summed E-state index contributed by atoms with van der Waals surface area (Å²) in [4.78, 5) is 13.0. The van der Waals surface area contributed by atoms with Crippen molar-refractivity contribution in [1.29, 1.82) is 0 Å². The Morgan fingerprint density at radius 2 is 2.00 bits per heavy atom. The fraction of sp³-hybridized carbons (Fsp3) is 0.235. The van der Waals surface area contributed by atoms with E-state index in [-0.39, 0.29) is 5.91 Å². The second-order valence-corrected chi connectivity index (χ2v) is 6.29. The molecule has 5 heteroatoms.